The second-order valence-electron chi connectivity index (χ2n) is 10.1. The van der Waals surface area contributed by atoms with E-state index in [1.165, 1.54) is 12.1 Å². The van der Waals surface area contributed by atoms with E-state index in [-0.39, 0.29) is 24.9 Å². The summed E-state index contributed by atoms with van der Waals surface area (Å²) in [5.74, 6) is -1.08. The number of carbonyl (C=O) groups excluding carboxylic acids is 1. The molecule has 2 atom stereocenters. The van der Waals surface area contributed by atoms with E-state index in [0.717, 1.165) is 11.6 Å². The summed E-state index contributed by atoms with van der Waals surface area (Å²) in [5.41, 5.74) is 1.08. The minimum absolute atomic E-state index is 0.0682. The van der Waals surface area contributed by atoms with Gasteiger partial charge in [-0.2, -0.15) is 13.2 Å². The Kier molecular flexibility index (Phi) is 11.4. The number of carboxylic acids is 1. The minimum Gasteiger partial charge on any atom is -0.490 e. The second kappa shape index (κ2) is 15.4. The number of esters is 1. The Morgan fingerprint density at radius 2 is 1.57 bits per heavy atom. The molecule has 0 amide bonds. The van der Waals surface area contributed by atoms with Crippen molar-refractivity contribution >= 4 is 23.5 Å². The molecule has 0 aromatic heterocycles. The topological polar surface area (TPSA) is 84.9 Å². The number of hydrogen-bond donors (Lipinski definition) is 2. The van der Waals surface area contributed by atoms with Gasteiger partial charge in [0, 0.05) is 13.0 Å². The Morgan fingerprint density at radius 1 is 0.886 bits per heavy atom. The van der Waals surface area contributed by atoms with Crippen molar-refractivity contribution in [3.63, 3.8) is 0 Å². The molecule has 0 saturated carbocycles. The maximum absolute atomic E-state index is 13.5. The van der Waals surface area contributed by atoms with Crippen LogP contribution in [0.25, 0.3) is 0 Å². The van der Waals surface area contributed by atoms with Gasteiger partial charge in [0.15, 0.2) is 0 Å². The molecule has 44 heavy (non-hydrogen) atoms. The SMILES string of the molecule is O=C(O)Cc1cccc(OC(CCNCC(OC(=O)c2ccccc2)c2ccccc2)Cc2cccc(C(F)(F)F)c2Cl)c1. The van der Waals surface area contributed by atoms with Crippen LogP contribution in [0.4, 0.5) is 13.2 Å². The normalized spacial score (nSPS) is 12.7. The fourth-order valence-electron chi connectivity index (χ4n) is 4.66. The van der Waals surface area contributed by atoms with Gasteiger partial charge in [-0.05, 0) is 60.0 Å². The zero-order chi connectivity index (χ0) is 31.5. The predicted octanol–water partition coefficient (Wildman–Crippen LogP) is 7.55. The Hall–Kier alpha value is -4.34. The molecule has 0 aliphatic carbocycles. The van der Waals surface area contributed by atoms with Crippen molar-refractivity contribution < 1.29 is 37.3 Å². The molecule has 0 radical (unpaired) electrons. The molecular formula is C34H31ClF3NO5. The van der Waals surface area contributed by atoms with E-state index >= 15 is 0 Å². The first kappa shape index (κ1) is 32.6. The molecule has 0 spiro atoms. The van der Waals surface area contributed by atoms with Gasteiger partial charge in [-0.1, -0.05) is 84.4 Å². The van der Waals surface area contributed by atoms with Crippen LogP contribution in [0.15, 0.2) is 103 Å². The van der Waals surface area contributed by atoms with Crippen molar-refractivity contribution in [3.05, 3.63) is 136 Å². The molecule has 4 aromatic carbocycles. The van der Waals surface area contributed by atoms with Gasteiger partial charge in [0.2, 0.25) is 0 Å². The van der Waals surface area contributed by atoms with Gasteiger partial charge in [-0.15, -0.1) is 0 Å². The summed E-state index contributed by atoms with van der Waals surface area (Å²) in [6.07, 6.45) is -5.62. The lowest BCUT2D eigenvalue weighted by molar-refractivity contribution is -0.138. The van der Waals surface area contributed by atoms with E-state index in [1.54, 1.807) is 54.6 Å². The number of alkyl halides is 3. The summed E-state index contributed by atoms with van der Waals surface area (Å²) >= 11 is 6.19. The summed E-state index contributed by atoms with van der Waals surface area (Å²) in [6.45, 7) is 0.635. The van der Waals surface area contributed by atoms with E-state index in [1.807, 2.05) is 30.3 Å². The second-order valence-corrected chi connectivity index (χ2v) is 10.5. The highest BCUT2D eigenvalue weighted by atomic mass is 35.5. The molecule has 2 unspecified atom stereocenters. The maximum Gasteiger partial charge on any atom is 0.417 e. The molecule has 0 fully saturated rings. The number of carboxylic acid groups (broad SMARTS) is 1. The predicted molar refractivity (Wildman–Crippen MR) is 161 cm³/mol. The molecule has 2 N–H and O–H groups in total. The summed E-state index contributed by atoms with van der Waals surface area (Å²) in [4.78, 5) is 24.0. The van der Waals surface area contributed by atoms with Gasteiger partial charge < -0.3 is 19.9 Å². The number of benzene rings is 4. The quantitative estimate of drug-likeness (QED) is 0.111. The highest BCUT2D eigenvalue weighted by Gasteiger charge is 2.34. The highest BCUT2D eigenvalue weighted by Crippen LogP contribution is 2.37. The third-order valence-corrected chi connectivity index (χ3v) is 7.24. The average Bonchev–Trinajstić information content (AvgIpc) is 2.99. The summed E-state index contributed by atoms with van der Waals surface area (Å²) < 4.78 is 52.5. The lowest BCUT2D eigenvalue weighted by Gasteiger charge is -2.23. The molecule has 0 aliphatic heterocycles. The molecule has 230 valence electrons. The number of carbonyl (C=O) groups is 2. The largest absolute Gasteiger partial charge is 0.490 e. The number of nitrogens with one attached hydrogen (secondary N) is 1. The average molecular weight is 626 g/mol. The van der Waals surface area contributed by atoms with Crippen LogP contribution in [0.2, 0.25) is 5.02 Å². The maximum atomic E-state index is 13.5. The summed E-state index contributed by atoms with van der Waals surface area (Å²) in [5, 5.41) is 12.1. The van der Waals surface area contributed by atoms with Crippen LogP contribution in [-0.4, -0.2) is 36.2 Å². The van der Waals surface area contributed by atoms with Crippen molar-refractivity contribution in [3.8, 4) is 5.75 Å². The smallest absolute Gasteiger partial charge is 0.417 e. The van der Waals surface area contributed by atoms with Gasteiger partial charge in [-0.25, -0.2) is 4.79 Å². The minimum atomic E-state index is -4.61. The Bertz CT molecular complexity index is 1530. The molecule has 4 rings (SSSR count). The fraction of sp³-hybridized carbons (Fsp3) is 0.235. The summed E-state index contributed by atoms with van der Waals surface area (Å²) in [7, 11) is 0. The van der Waals surface area contributed by atoms with Gasteiger partial charge in [0.1, 0.15) is 18.0 Å². The standard InChI is InChI=1S/C34H31ClF3NO5/c35-32-26(14-8-16-29(32)34(36,37)38)21-28(43-27-15-7-9-23(19-27)20-31(40)41)17-18-39-22-30(24-10-3-1-4-11-24)44-33(42)25-12-5-2-6-13-25/h1-16,19,28,30,39H,17-18,20-22H2,(H,40,41). The molecule has 10 heteroatoms. The molecule has 0 bridgehead atoms. The lowest BCUT2D eigenvalue weighted by Crippen LogP contribution is -2.30. The van der Waals surface area contributed by atoms with Gasteiger partial charge >= 0.3 is 18.1 Å². The van der Waals surface area contributed by atoms with Gasteiger partial charge in [0.05, 0.1) is 22.6 Å². The molecule has 0 heterocycles. The first-order valence-electron chi connectivity index (χ1n) is 13.9. The Balaban J connectivity index is 1.48. The van der Waals surface area contributed by atoms with Crippen LogP contribution in [0.3, 0.4) is 0 Å². The van der Waals surface area contributed by atoms with Crippen LogP contribution in [0.1, 0.15) is 45.1 Å². The van der Waals surface area contributed by atoms with E-state index in [0.29, 0.717) is 29.8 Å². The Morgan fingerprint density at radius 3 is 2.25 bits per heavy atom. The number of halogens is 4. The summed E-state index contributed by atoms with van der Waals surface area (Å²) in [6, 6.07) is 28.2. The van der Waals surface area contributed by atoms with Crippen molar-refractivity contribution in [2.45, 2.75) is 37.6 Å². The van der Waals surface area contributed by atoms with Crippen LogP contribution >= 0.6 is 11.6 Å². The number of rotatable bonds is 14. The molecular weight excluding hydrogens is 595 g/mol. The van der Waals surface area contributed by atoms with Crippen LogP contribution in [0.5, 0.6) is 5.75 Å². The van der Waals surface area contributed by atoms with E-state index in [2.05, 4.69) is 5.32 Å². The molecule has 6 nitrogen and oxygen atoms in total. The van der Waals surface area contributed by atoms with Gasteiger partial charge in [-0.3, -0.25) is 4.79 Å². The van der Waals surface area contributed by atoms with Crippen LogP contribution in [0, 0.1) is 0 Å². The van der Waals surface area contributed by atoms with E-state index < -0.39 is 40.9 Å². The highest BCUT2D eigenvalue weighted by molar-refractivity contribution is 6.32. The van der Waals surface area contributed by atoms with Crippen molar-refractivity contribution in [2.24, 2.45) is 0 Å². The number of ether oxygens (including phenoxy) is 2. The monoisotopic (exact) mass is 625 g/mol. The van der Waals surface area contributed by atoms with Crippen molar-refractivity contribution in [1.29, 1.82) is 0 Å². The van der Waals surface area contributed by atoms with E-state index in [4.69, 9.17) is 26.2 Å². The molecule has 4 aromatic rings. The zero-order valence-corrected chi connectivity index (χ0v) is 24.4. The third kappa shape index (κ3) is 9.59. The zero-order valence-electron chi connectivity index (χ0n) is 23.6. The number of aliphatic carboxylic acids is 1. The fourth-order valence-corrected chi connectivity index (χ4v) is 4.97. The van der Waals surface area contributed by atoms with Crippen molar-refractivity contribution in [2.75, 3.05) is 13.1 Å². The lowest BCUT2D eigenvalue weighted by atomic mass is 10.0. The molecule has 0 aliphatic rings. The Labute approximate surface area is 258 Å². The third-order valence-electron chi connectivity index (χ3n) is 6.79. The van der Waals surface area contributed by atoms with E-state index in [9.17, 15) is 22.8 Å². The van der Waals surface area contributed by atoms with Crippen LogP contribution in [-0.2, 0) is 28.5 Å². The first-order valence-corrected chi connectivity index (χ1v) is 14.3. The van der Waals surface area contributed by atoms with Crippen LogP contribution < -0.4 is 10.1 Å². The first-order chi connectivity index (χ1) is 21.1. The van der Waals surface area contributed by atoms with Gasteiger partial charge in [0.25, 0.3) is 0 Å². The number of hydrogen-bond acceptors (Lipinski definition) is 5. The molecule has 0 saturated heterocycles. The van der Waals surface area contributed by atoms with Crippen molar-refractivity contribution in [1.82, 2.24) is 5.32 Å².